The smallest absolute Gasteiger partial charge is 0.199 e. The van der Waals surface area contributed by atoms with Gasteiger partial charge in [0.2, 0.25) is 0 Å². The number of H-pyrrole nitrogens is 1. The maximum absolute atomic E-state index is 6.20. The van der Waals surface area contributed by atoms with Gasteiger partial charge >= 0.3 is 0 Å². The molecule has 1 aliphatic rings. The van der Waals surface area contributed by atoms with Gasteiger partial charge in [-0.25, -0.2) is 0 Å². The molecule has 27 heavy (non-hydrogen) atoms. The van der Waals surface area contributed by atoms with E-state index in [2.05, 4.69) is 10.2 Å². The molecule has 0 saturated carbocycles. The van der Waals surface area contributed by atoms with Crippen LogP contribution in [0.2, 0.25) is 10.0 Å². The van der Waals surface area contributed by atoms with Gasteiger partial charge in [-0.05, 0) is 43.4 Å². The molecule has 0 bridgehead atoms. The molecule has 2 heterocycles. The number of fused-ring (bicyclic) bond motifs is 1. The maximum Gasteiger partial charge on any atom is 0.199 e. The lowest BCUT2D eigenvalue weighted by molar-refractivity contribution is 0.171. The second-order valence-corrected chi connectivity index (χ2v) is 7.12. The number of hydrogen-bond donors (Lipinski definition) is 1. The first kappa shape index (κ1) is 18.2. The summed E-state index contributed by atoms with van der Waals surface area (Å²) in [4.78, 5) is 0. The Bertz CT molecular complexity index is 1050. The molecule has 2 aromatic carbocycles. The van der Waals surface area contributed by atoms with Crippen molar-refractivity contribution < 1.29 is 14.2 Å². The maximum atomic E-state index is 6.20. The molecule has 4 rings (SSSR count). The monoisotopic (exact) mass is 423 g/mol. The summed E-state index contributed by atoms with van der Waals surface area (Å²) in [6, 6.07) is 10.7. The van der Waals surface area contributed by atoms with E-state index in [0.717, 1.165) is 5.69 Å². The van der Waals surface area contributed by atoms with Crippen molar-refractivity contribution in [3.05, 3.63) is 57.0 Å². The minimum Gasteiger partial charge on any atom is -0.486 e. The first-order valence-corrected chi connectivity index (χ1v) is 9.38. The Labute approximate surface area is 170 Å². The van der Waals surface area contributed by atoms with Crippen LogP contribution in [-0.2, 0) is 0 Å². The lowest BCUT2D eigenvalue weighted by Crippen LogP contribution is -2.16. The summed E-state index contributed by atoms with van der Waals surface area (Å²) in [7, 11) is 0. The number of hydrogen-bond acceptors (Lipinski definition) is 5. The normalized spacial score (nSPS) is 14.0. The molecule has 0 radical (unpaired) electrons. The van der Waals surface area contributed by atoms with Gasteiger partial charge in [0.15, 0.2) is 28.2 Å². The first-order chi connectivity index (χ1) is 13.0. The third-order valence-electron chi connectivity index (χ3n) is 4.04. The number of rotatable bonds is 4. The van der Waals surface area contributed by atoms with Crippen LogP contribution < -0.4 is 14.2 Å². The molecule has 140 valence electrons. The third kappa shape index (κ3) is 3.63. The summed E-state index contributed by atoms with van der Waals surface area (Å²) in [5, 5.41) is 8.14. The standard InChI is InChI=1S/C18H15Cl2N3O3S/c1-10(26-15-8-11(19)2-4-13(15)20)17-21-22-18(27)23(17)12-3-5-14-16(9-12)25-7-6-24-14/h2-5,8-10H,6-7H2,1H3,(H,22,27)/t10-/m1/s1. The van der Waals surface area contributed by atoms with Crippen molar-refractivity contribution in [1.29, 1.82) is 0 Å². The lowest BCUT2D eigenvalue weighted by atomic mass is 10.2. The van der Waals surface area contributed by atoms with Crippen LogP contribution in [0.1, 0.15) is 18.9 Å². The van der Waals surface area contributed by atoms with E-state index in [9.17, 15) is 0 Å². The topological polar surface area (TPSA) is 61.3 Å². The van der Waals surface area contributed by atoms with Crippen LogP contribution in [0, 0.1) is 4.77 Å². The highest BCUT2D eigenvalue weighted by atomic mass is 35.5. The van der Waals surface area contributed by atoms with E-state index < -0.39 is 6.10 Å². The van der Waals surface area contributed by atoms with E-state index in [-0.39, 0.29) is 0 Å². The minimum atomic E-state index is -0.442. The molecule has 0 spiro atoms. The fourth-order valence-electron chi connectivity index (χ4n) is 2.81. The van der Waals surface area contributed by atoms with Gasteiger partial charge < -0.3 is 14.2 Å². The highest BCUT2D eigenvalue weighted by Gasteiger charge is 2.20. The zero-order valence-electron chi connectivity index (χ0n) is 14.2. The van der Waals surface area contributed by atoms with Crippen LogP contribution in [-0.4, -0.2) is 28.0 Å². The number of nitrogens with zero attached hydrogens (tertiary/aromatic N) is 2. The Morgan fingerprint density at radius 3 is 2.74 bits per heavy atom. The van der Waals surface area contributed by atoms with E-state index in [1.165, 1.54) is 0 Å². The zero-order valence-corrected chi connectivity index (χ0v) is 16.6. The average molecular weight is 424 g/mol. The Morgan fingerprint density at radius 1 is 1.15 bits per heavy atom. The zero-order chi connectivity index (χ0) is 19.0. The SMILES string of the molecule is C[C@@H](Oc1cc(Cl)ccc1Cl)c1n[nH]c(=S)n1-c1ccc2c(c1)OCCO2. The molecule has 1 N–H and O–H groups in total. The second-order valence-electron chi connectivity index (χ2n) is 5.89. The number of aromatic amines is 1. The molecule has 0 fully saturated rings. The van der Waals surface area contributed by atoms with Crippen LogP contribution in [0.25, 0.3) is 5.69 Å². The molecule has 6 nitrogen and oxygen atoms in total. The minimum absolute atomic E-state index is 0.439. The van der Waals surface area contributed by atoms with E-state index in [0.29, 0.717) is 51.1 Å². The van der Waals surface area contributed by atoms with Gasteiger partial charge in [-0.15, -0.1) is 0 Å². The second kappa shape index (κ2) is 7.42. The van der Waals surface area contributed by atoms with Gasteiger partial charge in [-0.1, -0.05) is 23.2 Å². The van der Waals surface area contributed by atoms with Gasteiger partial charge in [-0.2, -0.15) is 5.10 Å². The molecule has 1 aliphatic heterocycles. The van der Waals surface area contributed by atoms with E-state index in [4.69, 9.17) is 49.6 Å². The molecular weight excluding hydrogens is 409 g/mol. The summed E-state index contributed by atoms with van der Waals surface area (Å²) in [6.45, 7) is 2.90. The number of nitrogens with one attached hydrogen (secondary N) is 1. The average Bonchev–Trinajstić information content (AvgIpc) is 3.06. The molecule has 0 amide bonds. The summed E-state index contributed by atoms with van der Waals surface area (Å²) >= 11 is 17.6. The number of aromatic nitrogens is 3. The van der Waals surface area contributed by atoms with E-state index in [1.54, 1.807) is 22.8 Å². The summed E-state index contributed by atoms with van der Waals surface area (Å²) in [6.07, 6.45) is -0.442. The third-order valence-corrected chi connectivity index (χ3v) is 4.86. The van der Waals surface area contributed by atoms with Crippen molar-refractivity contribution in [2.75, 3.05) is 13.2 Å². The van der Waals surface area contributed by atoms with E-state index in [1.807, 2.05) is 25.1 Å². The van der Waals surface area contributed by atoms with Gasteiger partial charge in [0.25, 0.3) is 0 Å². The van der Waals surface area contributed by atoms with Crippen molar-refractivity contribution in [2.24, 2.45) is 0 Å². The molecule has 9 heteroatoms. The summed E-state index contributed by atoms with van der Waals surface area (Å²) in [5.74, 6) is 2.43. The van der Waals surface area contributed by atoms with Crippen LogP contribution >= 0.6 is 35.4 Å². The predicted molar refractivity (Wildman–Crippen MR) is 105 cm³/mol. The lowest BCUT2D eigenvalue weighted by Gasteiger charge is -2.20. The number of benzene rings is 2. The molecule has 1 aromatic heterocycles. The highest BCUT2D eigenvalue weighted by molar-refractivity contribution is 7.71. The van der Waals surface area contributed by atoms with Gasteiger partial charge in [0.1, 0.15) is 19.0 Å². The first-order valence-electron chi connectivity index (χ1n) is 8.22. The van der Waals surface area contributed by atoms with Crippen LogP contribution in [0.5, 0.6) is 17.2 Å². The van der Waals surface area contributed by atoms with Crippen molar-refractivity contribution in [3.63, 3.8) is 0 Å². The summed E-state index contributed by atoms with van der Waals surface area (Å²) < 4.78 is 19.4. The largest absolute Gasteiger partial charge is 0.486 e. The van der Waals surface area contributed by atoms with Crippen LogP contribution in [0.15, 0.2) is 36.4 Å². The van der Waals surface area contributed by atoms with Crippen molar-refractivity contribution >= 4 is 35.4 Å². The van der Waals surface area contributed by atoms with Gasteiger partial charge in [-0.3, -0.25) is 9.67 Å². The predicted octanol–water partition coefficient (Wildman–Crippen LogP) is 5.15. The van der Waals surface area contributed by atoms with Crippen LogP contribution in [0.4, 0.5) is 0 Å². The van der Waals surface area contributed by atoms with Gasteiger partial charge in [0, 0.05) is 17.2 Å². The van der Waals surface area contributed by atoms with Crippen molar-refractivity contribution in [2.45, 2.75) is 13.0 Å². The molecule has 0 saturated heterocycles. The Morgan fingerprint density at radius 2 is 1.93 bits per heavy atom. The van der Waals surface area contributed by atoms with Crippen molar-refractivity contribution in [1.82, 2.24) is 14.8 Å². The molecule has 0 aliphatic carbocycles. The Hall–Kier alpha value is -2.22. The summed E-state index contributed by atoms with van der Waals surface area (Å²) in [5.41, 5.74) is 0.792. The van der Waals surface area contributed by atoms with Crippen molar-refractivity contribution in [3.8, 4) is 22.9 Å². The highest BCUT2D eigenvalue weighted by Crippen LogP contribution is 2.34. The Balaban J connectivity index is 1.69. The fourth-order valence-corrected chi connectivity index (χ4v) is 3.38. The molecule has 0 unspecified atom stereocenters. The molecule has 1 atom stereocenters. The Kier molecular flexibility index (Phi) is 4.99. The molecular formula is C18H15Cl2N3O3S. The molecule has 3 aromatic rings. The fraction of sp³-hybridized carbons (Fsp3) is 0.222. The van der Waals surface area contributed by atoms with Gasteiger partial charge in [0.05, 0.1) is 10.7 Å². The van der Waals surface area contributed by atoms with E-state index >= 15 is 0 Å². The number of ether oxygens (including phenoxy) is 3. The van der Waals surface area contributed by atoms with Crippen LogP contribution in [0.3, 0.4) is 0 Å². The number of halogens is 2. The quantitative estimate of drug-likeness (QED) is 0.587.